The van der Waals surface area contributed by atoms with E-state index in [1.165, 1.54) is 0 Å². The van der Waals surface area contributed by atoms with Crippen LogP contribution in [0.1, 0.15) is 18.9 Å². The Kier molecular flexibility index (Phi) is 3.51. The number of para-hydroxylation sites is 1. The molecule has 0 saturated heterocycles. The number of carboxylic acid groups (broad SMARTS) is 1. The Hall–Kier alpha value is -1.51. The van der Waals surface area contributed by atoms with Gasteiger partial charge in [0.15, 0.2) is 0 Å². The van der Waals surface area contributed by atoms with Gasteiger partial charge < -0.3 is 10.2 Å². The smallest absolute Gasteiger partial charge is 0.306 e. The van der Waals surface area contributed by atoms with E-state index in [4.69, 9.17) is 5.11 Å². The first-order chi connectivity index (χ1) is 6.61. The molecule has 0 aliphatic rings. The molecule has 0 spiro atoms. The number of aryl methyl sites for hydroxylation is 1. The van der Waals surface area contributed by atoms with Crippen molar-refractivity contribution in [3.63, 3.8) is 0 Å². The molecule has 0 saturated carbocycles. The summed E-state index contributed by atoms with van der Waals surface area (Å²) in [7, 11) is 0. The Labute approximate surface area is 83.0 Å². The van der Waals surface area contributed by atoms with Crippen molar-refractivity contribution >= 4 is 5.97 Å². The lowest BCUT2D eigenvalue weighted by molar-refractivity contribution is -0.141. The van der Waals surface area contributed by atoms with Gasteiger partial charge in [0.1, 0.15) is 5.75 Å². The van der Waals surface area contributed by atoms with Gasteiger partial charge >= 0.3 is 5.97 Å². The van der Waals surface area contributed by atoms with Crippen LogP contribution in [0.5, 0.6) is 5.75 Å². The lowest BCUT2D eigenvalue weighted by atomic mass is 10.0. The van der Waals surface area contributed by atoms with Crippen molar-refractivity contribution in [3.8, 4) is 5.75 Å². The van der Waals surface area contributed by atoms with Gasteiger partial charge in [-0.15, -0.1) is 0 Å². The van der Waals surface area contributed by atoms with Crippen LogP contribution in [0.2, 0.25) is 0 Å². The molecular formula is C11H14O3. The number of aliphatic carboxylic acids is 1. The van der Waals surface area contributed by atoms with E-state index in [1.807, 2.05) is 12.1 Å². The predicted molar refractivity (Wildman–Crippen MR) is 53.2 cm³/mol. The van der Waals surface area contributed by atoms with Crippen LogP contribution in [0.15, 0.2) is 24.3 Å². The number of aromatic hydroxyl groups is 1. The molecule has 3 nitrogen and oxygen atoms in total. The van der Waals surface area contributed by atoms with Gasteiger partial charge in [-0.1, -0.05) is 25.1 Å². The van der Waals surface area contributed by atoms with Crippen LogP contribution in [-0.4, -0.2) is 16.2 Å². The van der Waals surface area contributed by atoms with Gasteiger partial charge in [-0.3, -0.25) is 4.79 Å². The molecule has 1 aromatic rings. The highest BCUT2D eigenvalue weighted by atomic mass is 16.4. The average molecular weight is 194 g/mol. The number of carbonyl (C=O) groups is 1. The van der Waals surface area contributed by atoms with Crippen molar-refractivity contribution in [3.05, 3.63) is 29.8 Å². The summed E-state index contributed by atoms with van der Waals surface area (Å²) in [6, 6.07) is 7.00. The van der Waals surface area contributed by atoms with Gasteiger partial charge in [0.2, 0.25) is 0 Å². The van der Waals surface area contributed by atoms with E-state index in [-0.39, 0.29) is 11.7 Å². The first-order valence-electron chi connectivity index (χ1n) is 4.61. The maximum atomic E-state index is 10.5. The van der Waals surface area contributed by atoms with Crippen LogP contribution in [0.3, 0.4) is 0 Å². The summed E-state index contributed by atoms with van der Waals surface area (Å²) in [6.45, 7) is 1.67. The minimum Gasteiger partial charge on any atom is -0.508 e. The fourth-order valence-electron chi connectivity index (χ4n) is 1.22. The number of hydrogen-bond acceptors (Lipinski definition) is 2. The van der Waals surface area contributed by atoms with Gasteiger partial charge in [0.25, 0.3) is 0 Å². The molecule has 1 rings (SSSR count). The van der Waals surface area contributed by atoms with E-state index < -0.39 is 5.97 Å². The minimum atomic E-state index is -0.791. The molecule has 0 fully saturated rings. The Morgan fingerprint density at radius 3 is 2.64 bits per heavy atom. The molecule has 0 aromatic heterocycles. The molecule has 3 heteroatoms. The van der Waals surface area contributed by atoms with Gasteiger partial charge in [-0.25, -0.2) is 0 Å². The van der Waals surface area contributed by atoms with Crippen molar-refractivity contribution in [2.24, 2.45) is 5.92 Å². The number of phenolic OH excluding ortho intramolecular Hbond substituents is 1. The van der Waals surface area contributed by atoms with Crippen molar-refractivity contribution in [2.45, 2.75) is 19.8 Å². The maximum Gasteiger partial charge on any atom is 0.306 e. The molecule has 1 aromatic carbocycles. The number of rotatable bonds is 4. The standard InChI is InChI=1S/C11H14O3/c1-8(11(13)14)6-7-9-4-2-3-5-10(9)12/h2-5,8,12H,6-7H2,1H3,(H,13,14)/t8-/m1/s1. The second-order valence-corrected chi connectivity index (χ2v) is 3.41. The maximum absolute atomic E-state index is 10.5. The average Bonchev–Trinajstić information content (AvgIpc) is 2.16. The lowest BCUT2D eigenvalue weighted by Gasteiger charge is -2.06. The zero-order valence-electron chi connectivity index (χ0n) is 8.10. The van der Waals surface area contributed by atoms with Crippen LogP contribution in [-0.2, 0) is 11.2 Å². The summed E-state index contributed by atoms with van der Waals surface area (Å²) in [5, 5.41) is 18.1. The highest BCUT2D eigenvalue weighted by Gasteiger charge is 2.11. The van der Waals surface area contributed by atoms with Crippen molar-refractivity contribution in [2.75, 3.05) is 0 Å². The highest BCUT2D eigenvalue weighted by Crippen LogP contribution is 2.19. The Morgan fingerprint density at radius 2 is 2.07 bits per heavy atom. The Bertz CT molecular complexity index is 320. The number of phenols is 1. The third-order valence-electron chi connectivity index (χ3n) is 2.26. The van der Waals surface area contributed by atoms with E-state index in [2.05, 4.69) is 0 Å². The van der Waals surface area contributed by atoms with E-state index in [0.29, 0.717) is 12.8 Å². The zero-order chi connectivity index (χ0) is 10.6. The Morgan fingerprint density at radius 1 is 1.43 bits per heavy atom. The van der Waals surface area contributed by atoms with Gasteiger partial charge in [0.05, 0.1) is 5.92 Å². The summed E-state index contributed by atoms with van der Waals surface area (Å²) in [4.78, 5) is 10.5. The summed E-state index contributed by atoms with van der Waals surface area (Å²) >= 11 is 0. The second kappa shape index (κ2) is 4.65. The molecule has 0 aliphatic heterocycles. The summed E-state index contributed by atoms with van der Waals surface area (Å²) < 4.78 is 0. The third-order valence-corrected chi connectivity index (χ3v) is 2.26. The first kappa shape index (κ1) is 10.6. The number of hydrogen-bond donors (Lipinski definition) is 2. The number of carboxylic acids is 1. The van der Waals surface area contributed by atoms with Gasteiger partial charge in [-0.05, 0) is 24.5 Å². The molecule has 1 atom stereocenters. The number of benzene rings is 1. The zero-order valence-corrected chi connectivity index (χ0v) is 8.10. The van der Waals surface area contributed by atoms with E-state index in [0.717, 1.165) is 5.56 Å². The van der Waals surface area contributed by atoms with Crippen molar-refractivity contribution in [1.82, 2.24) is 0 Å². The van der Waals surface area contributed by atoms with E-state index in [9.17, 15) is 9.90 Å². The molecular weight excluding hydrogens is 180 g/mol. The topological polar surface area (TPSA) is 57.5 Å². The molecule has 0 radical (unpaired) electrons. The van der Waals surface area contributed by atoms with E-state index >= 15 is 0 Å². The van der Waals surface area contributed by atoms with Crippen molar-refractivity contribution < 1.29 is 15.0 Å². The fraction of sp³-hybridized carbons (Fsp3) is 0.364. The van der Waals surface area contributed by atoms with Crippen molar-refractivity contribution in [1.29, 1.82) is 0 Å². The first-order valence-corrected chi connectivity index (χ1v) is 4.61. The lowest BCUT2D eigenvalue weighted by Crippen LogP contribution is -2.10. The van der Waals surface area contributed by atoms with Crippen LogP contribution >= 0.6 is 0 Å². The van der Waals surface area contributed by atoms with Gasteiger partial charge in [0, 0.05) is 0 Å². The SMILES string of the molecule is C[C@H](CCc1ccccc1O)C(=O)O. The third kappa shape index (κ3) is 2.76. The van der Waals surface area contributed by atoms with Gasteiger partial charge in [-0.2, -0.15) is 0 Å². The van der Waals surface area contributed by atoms with Crippen LogP contribution in [0.4, 0.5) is 0 Å². The summed E-state index contributed by atoms with van der Waals surface area (Å²) in [6.07, 6.45) is 1.15. The summed E-state index contributed by atoms with van der Waals surface area (Å²) in [5.74, 6) is -0.917. The fourth-order valence-corrected chi connectivity index (χ4v) is 1.22. The van der Waals surface area contributed by atoms with E-state index in [1.54, 1.807) is 19.1 Å². The molecule has 14 heavy (non-hydrogen) atoms. The molecule has 76 valence electrons. The largest absolute Gasteiger partial charge is 0.508 e. The second-order valence-electron chi connectivity index (χ2n) is 3.41. The highest BCUT2D eigenvalue weighted by molar-refractivity contribution is 5.69. The Balaban J connectivity index is 2.54. The van der Waals surface area contributed by atoms with Crippen LogP contribution in [0.25, 0.3) is 0 Å². The normalized spacial score (nSPS) is 12.4. The van der Waals surface area contributed by atoms with Crippen LogP contribution < -0.4 is 0 Å². The molecule has 0 heterocycles. The molecule has 0 aliphatic carbocycles. The minimum absolute atomic E-state index is 0.241. The monoisotopic (exact) mass is 194 g/mol. The molecule has 0 bridgehead atoms. The molecule has 0 unspecified atom stereocenters. The quantitative estimate of drug-likeness (QED) is 0.771. The summed E-state index contributed by atoms with van der Waals surface area (Å²) in [5.41, 5.74) is 0.806. The van der Waals surface area contributed by atoms with Crippen LogP contribution in [0, 0.1) is 5.92 Å². The molecule has 2 N–H and O–H groups in total. The molecule has 0 amide bonds. The predicted octanol–water partition coefficient (Wildman–Crippen LogP) is 2.05.